The summed E-state index contributed by atoms with van der Waals surface area (Å²) in [6.07, 6.45) is 3.51. The molecule has 3 N–H and O–H groups in total. The van der Waals surface area contributed by atoms with Crippen LogP contribution in [-0.2, 0) is 0 Å². The van der Waals surface area contributed by atoms with E-state index in [4.69, 9.17) is 10.7 Å². The number of rotatable bonds is 5. The van der Waals surface area contributed by atoms with Gasteiger partial charge in [-0.15, -0.1) is 11.3 Å². The number of aromatic nitrogens is 3. The minimum atomic E-state index is 0.478. The predicted molar refractivity (Wildman–Crippen MR) is 92.3 cm³/mol. The Kier molecular flexibility index (Phi) is 4.31. The molecule has 22 heavy (non-hydrogen) atoms. The zero-order valence-corrected chi connectivity index (χ0v) is 13.5. The van der Waals surface area contributed by atoms with E-state index in [0.29, 0.717) is 24.8 Å². The maximum absolute atomic E-state index is 5.61. The van der Waals surface area contributed by atoms with E-state index in [0.717, 1.165) is 21.6 Å². The lowest BCUT2D eigenvalue weighted by molar-refractivity contribution is 0.890. The zero-order chi connectivity index (χ0) is 15.5. The van der Waals surface area contributed by atoms with Crippen LogP contribution < -0.4 is 11.1 Å². The summed E-state index contributed by atoms with van der Waals surface area (Å²) in [5, 5.41) is 4.38. The van der Waals surface area contributed by atoms with Crippen LogP contribution in [0, 0.1) is 0 Å². The van der Waals surface area contributed by atoms with Crippen LogP contribution in [0.15, 0.2) is 30.6 Å². The van der Waals surface area contributed by atoms with Gasteiger partial charge >= 0.3 is 0 Å². The van der Waals surface area contributed by atoms with Crippen LogP contribution >= 0.6 is 11.3 Å². The Labute approximate surface area is 133 Å². The van der Waals surface area contributed by atoms with Gasteiger partial charge in [0.15, 0.2) is 5.82 Å². The van der Waals surface area contributed by atoms with Crippen LogP contribution in [0.25, 0.3) is 21.6 Å². The van der Waals surface area contributed by atoms with Crippen molar-refractivity contribution in [2.45, 2.75) is 19.8 Å². The summed E-state index contributed by atoms with van der Waals surface area (Å²) in [5.74, 6) is 2.04. The number of thiophene rings is 1. The van der Waals surface area contributed by atoms with E-state index in [9.17, 15) is 0 Å². The molecule has 3 aromatic rings. The van der Waals surface area contributed by atoms with Crippen LogP contribution in [0.1, 0.15) is 24.6 Å². The average molecular weight is 313 g/mol. The Morgan fingerprint density at radius 3 is 2.68 bits per heavy atom. The molecule has 0 saturated carbocycles. The molecule has 3 aromatic heterocycles. The molecule has 0 fully saturated rings. The second-order valence-electron chi connectivity index (χ2n) is 5.37. The summed E-state index contributed by atoms with van der Waals surface area (Å²) >= 11 is 1.72. The van der Waals surface area contributed by atoms with Gasteiger partial charge in [-0.2, -0.15) is 0 Å². The molecule has 0 aliphatic carbocycles. The largest absolute Gasteiger partial charge is 0.368 e. The topological polar surface area (TPSA) is 76.7 Å². The number of hydrogen-bond donors (Lipinski definition) is 2. The lowest BCUT2D eigenvalue weighted by Gasteiger charge is -2.07. The SMILES string of the molecule is CC(C)c1cc2c(NCCN)nc(-c3ccncc3)nc2s1. The van der Waals surface area contributed by atoms with Gasteiger partial charge < -0.3 is 11.1 Å². The first-order valence-electron chi connectivity index (χ1n) is 7.35. The monoisotopic (exact) mass is 313 g/mol. The molecule has 0 unspecified atom stereocenters. The maximum atomic E-state index is 5.61. The second-order valence-corrected chi connectivity index (χ2v) is 6.43. The van der Waals surface area contributed by atoms with E-state index in [1.807, 2.05) is 12.1 Å². The lowest BCUT2D eigenvalue weighted by Crippen LogP contribution is -2.14. The highest BCUT2D eigenvalue weighted by Crippen LogP contribution is 2.34. The number of nitrogens with one attached hydrogen (secondary N) is 1. The molecular formula is C16H19N5S. The van der Waals surface area contributed by atoms with Crippen molar-refractivity contribution in [1.82, 2.24) is 15.0 Å². The first-order chi connectivity index (χ1) is 10.7. The van der Waals surface area contributed by atoms with Crippen molar-refractivity contribution in [3.05, 3.63) is 35.5 Å². The molecule has 0 aliphatic rings. The number of nitrogens with two attached hydrogens (primary N) is 1. The van der Waals surface area contributed by atoms with Crippen molar-refractivity contribution in [1.29, 1.82) is 0 Å². The molecule has 0 saturated heterocycles. The lowest BCUT2D eigenvalue weighted by atomic mass is 10.1. The van der Waals surface area contributed by atoms with E-state index in [1.54, 1.807) is 23.7 Å². The fraction of sp³-hybridized carbons (Fsp3) is 0.312. The minimum absolute atomic E-state index is 0.478. The smallest absolute Gasteiger partial charge is 0.163 e. The van der Waals surface area contributed by atoms with Gasteiger partial charge in [-0.3, -0.25) is 4.98 Å². The molecule has 0 bridgehead atoms. The standard InChI is InChI=1S/C16H19N5S/c1-10(2)13-9-12-15(19-8-5-17)20-14(21-16(12)22-13)11-3-6-18-7-4-11/h3-4,6-7,9-10H,5,8,17H2,1-2H3,(H,19,20,21). The Morgan fingerprint density at radius 1 is 1.23 bits per heavy atom. The molecular weight excluding hydrogens is 294 g/mol. The summed E-state index contributed by atoms with van der Waals surface area (Å²) in [7, 11) is 0. The summed E-state index contributed by atoms with van der Waals surface area (Å²) in [6.45, 7) is 5.63. The van der Waals surface area contributed by atoms with Gasteiger partial charge in [0.25, 0.3) is 0 Å². The minimum Gasteiger partial charge on any atom is -0.368 e. The highest BCUT2D eigenvalue weighted by Gasteiger charge is 2.14. The van der Waals surface area contributed by atoms with Gasteiger partial charge in [0.05, 0.1) is 5.39 Å². The third kappa shape index (κ3) is 2.93. The fourth-order valence-electron chi connectivity index (χ4n) is 2.18. The Morgan fingerprint density at radius 2 is 2.00 bits per heavy atom. The van der Waals surface area contributed by atoms with Crippen molar-refractivity contribution < 1.29 is 0 Å². The first kappa shape index (κ1) is 14.9. The number of anilines is 1. The summed E-state index contributed by atoms with van der Waals surface area (Å²) in [4.78, 5) is 15.8. The van der Waals surface area contributed by atoms with Crippen LogP contribution in [-0.4, -0.2) is 28.0 Å². The van der Waals surface area contributed by atoms with Gasteiger partial charge in [0.2, 0.25) is 0 Å². The third-order valence-corrected chi connectivity index (χ3v) is 4.69. The molecule has 3 heterocycles. The molecule has 5 nitrogen and oxygen atoms in total. The number of pyridine rings is 1. The molecule has 0 atom stereocenters. The van der Waals surface area contributed by atoms with Crippen molar-refractivity contribution in [2.75, 3.05) is 18.4 Å². The summed E-state index contributed by atoms with van der Waals surface area (Å²) in [5.41, 5.74) is 6.58. The fourth-order valence-corrected chi connectivity index (χ4v) is 3.21. The van der Waals surface area contributed by atoms with E-state index >= 15 is 0 Å². The molecule has 0 amide bonds. The predicted octanol–water partition coefficient (Wildman–Crippen LogP) is 3.25. The van der Waals surface area contributed by atoms with Crippen LogP contribution in [0.2, 0.25) is 0 Å². The average Bonchev–Trinajstić information content (AvgIpc) is 2.98. The molecule has 114 valence electrons. The summed E-state index contributed by atoms with van der Waals surface area (Å²) in [6, 6.07) is 6.02. The Bertz CT molecular complexity index is 767. The Hall–Kier alpha value is -2.05. The molecule has 0 aliphatic heterocycles. The molecule has 6 heteroatoms. The highest BCUT2D eigenvalue weighted by molar-refractivity contribution is 7.18. The van der Waals surface area contributed by atoms with Crippen molar-refractivity contribution >= 4 is 27.4 Å². The number of hydrogen-bond acceptors (Lipinski definition) is 6. The summed E-state index contributed by atoms with van der Waals surface area (Å²) < 4.78 is 0. The zero-order valence-electron chi connectivity index (χ0n) is 12.7. The Balaban J connectivity index is 2.14. The number of nitrogens with zero attached hydrogens (tertiary/aromatic N) is 3. The second kappa shape index (κ2) is 6.37. The van der Waals surface area contributed by atoms with E-state index < -0.39 is 0 Å². The molecule has 3 rings (SSSR count). The highest BCUT2D eigenvalue weighted by atomic mass is 32.1. The normalized spacial score (nSPS) is 11.3. The first-order valence-corrected chi connectivity index (χ1v) is 8.16. The molecule has 0 aromatic carbocycles. The van der Waals surface area contributed by atoms with Crippen LogP contribution in [0.4, 0.5) is 5.82 Å². The van der Waals surface area contributed by atoms with Crippen molar-refractivity contribution in [3.63, 3.8) is 0 Å². The van der Waals surface area contributed by atoms with Gasteiger partial charge in [-0.1, -0.05) is 13.8 Å². The van der Waals surface area contributed by atoms with Crippen LogP contribution in [0.5, 0.6) is 0 Å². The maximum Gasteiger partial charge on any atom is 0.163 e. The third-order valence-electron chi connectivity index (χ3n) is 3.36. The van der Waals surface area contributed by atoms with Gasteiger partial charge in [-0.05, 0) is 24.1 Å². The van der Waals surface area contributed by atoms with Crippen molar-refractivity contribution in [2.24, 2.45) is 5.73 Å². The van der Waals surface area contributed by atoms with E-state index in [-0.39, 0.29) is 0 Å². The van der Waals surface area contributed by atoms with E-state index in [1.165, 1.54) is 4.88 Å². The van der Waals surface area contributed by atoms with E-state index in [2.05, 4.69) is 35.2 Å². The van der Waals surface area contributed by atoms with Gasteiger partial charge in [0, 0.05) is 35.9 Å². The van der Waals surface area contributed by atoms with Gasteiger partial charge in [0.1, 0.15) is 10.6 Å². The molecule has 0 radical (unpaired) electrons. The van der Waals surface area contributed by atoms with Crippen LogP contribution in [0.3, 0.4) is 0 Å². The number of fused-ring (bicyclic) bond motifs is 1. The quantitative estimate of drug-likeness (QED) is 0.756. The van der Waals surface area contributed by atoms with Gasteiger partial charge in [-0.25, -0.2) is 9.97 Å². The van der Waals surface area contributed by atoms with Crippen molar-refractivity contribution in [3.8, 4) is 11.4 Å². The molecule has 0 spiro atoms.